The number of hydrogen-bond acceptors (Lipinski definition) is 20. The highest BCUT2D eigenvalue weighted by molar-refractivity contribution is 5.91. The largest absolute Gasteiger partial charge is 0.459 e. The number of carbonyl (C=O) groups is 8. The minimum absolute atomic E-state index is 0.0561. The molecule has 0 amide bonds. The van der Waals surface area contributed by atoms with Crippen molar-refractivity contribution in [2.45, 2.75) is 122 Å². The molecule has 2 aliphatic carbocycles. The summed E-state index contributed by atoms with van der Waals surface area (Å²) in [5.74, 6) is -12.3. The molecule has 2 saturated carbocycles. The maximum absolute atomic E-state index is 14.5. The summed E-state index contributed by atoms with van der Waals surface area (Å²) in [7, 11) is 0. The van der Waals surface area contributed by atoms with E-state index < -0.39 is 138 Å². The molecule has 1 spiro atoms. The summed E-state index contributed by atoms with van der Waals surface area (Å²) in [5.41, 5.74) is -10.2. The number of ether oxygens (including phenoxy) is 9. The second-order valence-corrected chi connectivity index (χ2v) is 16.1. The Kier molecular flexibility index (Phi) is 11.8. The van der Waals surface area contributed by atoms with E-state index in [1.807, 2.05) is 0 Å². The lowest BCUT2D eigenvalue weighted by atomic mass is 9.45. The lowest BCUT2D eigenvalue weighted by molar-refractivity contribution is -0.386. The summed E-state index contributed by atoms with van der Waals surface area (Å²) in [6.07, 6.45) is -8.47. The van der Waals surface area contributed by atoms with Crippen LogP contribution in [0.3, 0.4) is 0 Å². The Morgan fingerprint density at radius 2 is 1.38 bits per heavy atom. The smallest absolute Gasteiger partial charge is 0.374 e. The van der Waals surface area contributed by atoms with Crippen molar-refractivity contribution in [2.75, 3.05) is 13.2 Å². The Labute approximate surface area is 348 Å². The van der Waals surface area contributed by atoms with Gasteiger partial charge >= 0.3 is 47.8 Å². The number of aromatic nitrogens is 1. The molecule has 330 valence electrons. The zero-order valence-electron chi connectivity index (χ0n) is 34.8. The van der Waals surface area contributed by atoms with Gasteiger partial charge in [-0.05, 0) is 43.5 Å². The molecule has 1 N–H and O–H groups in total. The molecular weight excluding hydrogens is 810 g/mol. The summed E-state index contributed by atoms with van der Waals surface area (Å²) >= 11 is 0. The monoisotopic (exact) mass is 857 g/mol. The minimum atomic E-state index is -2.87. The third-order valence-electron chi connectivity index (χ3n) is 12.2. The van der Waals surface area contributed by atoms with Crippen LogP contribution in [0.2, 0.25) is 0 Å². The number of aliphatic hydroxyl groups is 1. The number of furan rings is 1. The topological polar surface area (TPSA) is 266 Å². The van der Waals surface area contributed by atoms with Gasteiger partial charge in [0.25, 0.3) is 0 Å². The number of esters is 8. The van der Waals surface area contributed by atoms with Gasteiger partial charge in [0, 0.05) is 47.0 Å². The van der Waals surface area contributed by atoms with Crippen LogP contribution in [0.25, 0.3) is 0 Å². The van der Waals surface area contributed by atoms with Gasteiger partial charge in [0.05, 0.1) is 23.7 Å². The van der Waals surface area contributed by atoms with E-state index in [0.29, 0.717) is 5.56 Å². The van der Waals surface area contributed by atoms with Crippen LogP contribution >= 0.6 is 0 Å². The van der Waals surface area contributed by atoms with E-state index in [1.165, 1.54) is 44.4 Å². The molecule has 2 aliphatic heterocycles. The molecule has 13 unspecified atom stereocenters. The van der Waals surface area contributed by atoms with Gasteiger partial charge in [-0.3, -0.25) is 33.8 Å². The highest BCUT2D eigenvalue weighted by atomic mass is 16.7. The number of nitrogens with zero attached hydrogens (tertiary/aromatic N) is 1. The number of cyclic esters (lactones) is 1. The summed E-state index contributed by atoms with van der Waals surface area (Å²) in [6, 6.07) is 4.11. The quantitative estimate of drug-likeness (QED) is 0.293. The Balaban J connectivity index is 1.79. The minimum Gasteiger partial charge on any atom is -0.459 e. The van der Waals surface area contributed by atoms with Gasteiger partial charge in [0.1, 0.15) is 42.0 Å². The van der Waals surface area contributed by atoms with Gasteiger partial charge in [-0.25, -0.2) is 9.59 Å². The first-order valence-electron chi connectivity index (χ1n) is 19.3. The van der Waals surface area contributed by atoms with Gasteiger partial charge < -0.3 is 52.2 Å². The highest BCUT2D eigenvalue weighted by Gasteiger charge is 2.92. The first-order chi connectivity index (χ1) is 28.5. The zero-order chi connectivity index (χ0) is 45.0. The van der Waals surface area contributed by atoms with Crippen molar-refractivity contribution < 1.29 is 90.5 Å². The molecule has 4 bridgehead atoms. The van der Waals surface area contributed by atoms with Crippen LogP contribution in [0, 0.1) is 17.3 Å². The van der Waals surface area contributed by atoms with Crippen molar-refractivity contribution in [2.24, 2.45) is 17.3 Å². The average Bonchev–Trinajstić information content (AvgIpc) is 3.79. The van der Waals surface area contributed by atoms with E-state index in [1.54, 1.807) is 6.92 Å². The number of rotatable bonds is 8. The van der Waals surface area contributed by atoms with Crippen LogP contribution < -0.4 is 0 Å². The molecule has 3 fully saturated rings. The van der Waals surface area contributed by atoms with Crippen molar-refractivity contribution in [3.63, 3.8) is 0 Å². The molecule has 6 rings (SSSR count). The molecule has 4 aliphatic rings. The van der Waals surface area contributed by atoms with Crippen LogP contribution in [0.5, 0.6) is 0 Å². The van der Waals surface area contributed by atoms with Crippen molar-refractivity contribution in [3.05, 3.63) is 53.7 Å². The lowest BCUT2D eigenvalue weighted by Crippen LogP contribution is -2.89. The number of carbonyl (C=O) groups excluding carboxylic acids is 8. The molecule has 61 heavy (non-hydrogen) atoms. The molecule has 20 heteroatoms. The molecule has 0 radical (unpaired) electrons. The van der Waals surface area contributed by atoms with Gasteiger partial charge in [0.2, 0.25) is 5.76 Å². The second-order valence-electron chi connectivity index (χ2n) is 16.1. The van der Waals surface area contributed by atoms with E-state index in [0.717, 1.165) is 47.8 Å². The van der Waals surface area contributed by atoms with Gasteiger partial charge in [0.15, 0.2) is 30.0 Å². The molecule has 4 heterocycles. The molecule has 13 atom stereocenters. The van der Waals surface area contributed by atoms with Gasteiger partial charge in [-0.15, -0.1) is 0 Å². The van der Waals surface area contributed by atoms with Crippen LogP contribution in [-0.2, 0) is 71.4 Å². The van der Waals surface area contributed by atoms with E-state index in [4.69, 9.17) is 47.0 Å². The van der Waals surface area contributed by atoms with Crippen molar-refractivity contribution in [1.29, 1.82) is 0 Å². The maximum atomic E-state index is 14.5. The van der Waals surface area contributed by atoms with Crippen molar-refractivity contribution >= 4 is 47.8 Å². The Morgan fingerprint density at radius 3 is 1.95 bits per heavy atom. The standard InChI is InChI=1S/C41H47NO19/c1-18-19(2)35(48)60-32-30(56-21(4)44)34(59-24(7)47)40(17-54-37(50)27-11-10-14-52-27)33(58-23(6)46)29(55-20(3)43)28-31(57-22(5)45)41(40,39(32,9)51)61-38(28,8)16-53-36(49)26-15-42-13-12-25(18)26/h10-15,18-19,28-34,51H,16-17H2,1-9H3. The average molecular weight is 858 g/mol. The summed E-state index contributed by atoms with van der Waals surface area (Å²) in [4.78, 5) is 113. The number of fused-ring (bicyclic) bond motifs is 5. The molecule has 20 nitrogen and oxygen atoms in total. The predicted molar refractivity (Wildman–Crippen MR) is 198 cm³/mol. The maximum Gasteiger partial charge on any atom is 0.374 e. The zero-order valence-corrected chi connectivity index (χ0v) is 34.8. The predicted octanol–water partition coefficient (Wildman–Crippen LogP) is 1.92. The summed E-state index contributed by atoms with van der Waals surface area (Å²) in [6.45, 7) is 8.51. The Bertz CT molecular complexity index is 2120. The molecule has 2 aromatic rings. The molecule has 0 aromatic carbocycles. The first kappa shape index (κ1) is 44.7. The van der Waals surface area contributed by atoms with Crippen LogP contribution in [0.4, 0.5) is 0 Å². The van der Waals surface area contributed by atoms with Gasteiger partial charge in [-0.1, -0.05) is 13.8 Å². The van der Waals surface area contributed by atoms with Crippen molar-refractivity contribution in [1.82, 2.24) is 4.98 Å². The fourth-order valence-electron chi connectivity index (χ4n) is 9.73. The van der Waals surface area contributed by atoms with E-state index >= 15 is 0 Å². The van der Waals surface area contributed by atoms with E-state index in [9.17, 15) is 43.5 Å². The van der Waals surface area contributed by atoms with E-state index in [-0.39, 0.29) is 11.3 Å². The first-order valence-corrected chi connectivity index (χ1v) is 19.3. The van der Waals surface area contributed by atoms with Crippen LogP contribution in [0.1, 0.15) is 94.7 Å². The van der Waals surface area contributed by atoms with Crippen LogP contribution in [-0.4, -0.2) is 124 Å². The molecule has 1 saturated heterocycles. The van der Waals surface area contributed by atoms with Crippen LogP contribution in [0.15, 0.2) is 41.3 Å². The summed E-state index contributed by atoms with van der Waals surface area (Å²) in [5, 5.41) is 13.6. The number of pyridine rings is 1. The second kappa shape index (κ2) is 16.2. The van der Waals surface area contributed by atoms with E-state index in [2.05, 4.69) is 4.98 Å². The third kappa shape index (κ3) is 7.28. The van der Waals surface area contributed by atoms with Gasteiger partial charge in [-0.2, -0.15) is 0 Å². The van der Waals surface area contributed by atoms with Crippen molar-refractivity contribution in [3.8, 4) is 0 Å². The Morgan fingerprint density at radius 1 is 0.803 bits per heavy atom. The number of hydrogen-bond donors (Lipinski definition) is 1. The molecular formula is C41H47NO19. The Hall–Kier alpha value is -5.89. The fourth-order valence-corrected chi connectivity index (χ4v) is 9.73. The fraction of sp³-hybridized carbons (Fsp3) is 0.585. The SMILES string of the molecule is CC(=O)OC1C2C(OC(C)=O)C34OC2(C)COC(=O)c2cnccc2C(C)C(C)C(=O)OC(C(OC(C)=O)C(OC(C)=O)C3(COC(=O)c2ccco2)C1OC(C)=O)C4(C)O. The lowest BCUT2D eigenvalue weighted by Gasteiger charge is -2.67. The molecule has 2 aromatic heterocycles. The highest BCUT2D eigenvalue weighted by Crippen LogP contribution is 2.70. The normalized spacial score (nSPS) is 36.5. The summed E-state index contributed by atoms with van der Waals surface area (Å²) < 4.78 is 60.2. The third-order valence-corrected chi connectivity index (χ3v) is 12.2.